The fraction of sp³-hybridized carbons (Fsp3) is 0.533. The number of carboxylic acids is 1. The lowest BCUT2D eigenvalue weighted by Crippen LogP contribution is -2.12. The lowest BCUT2D eigenvalue weighted by atomic mass is 9.97. The molecule has 0 aromatic carbocycles. The van der Waals surface area contributed by atoms with Crippen LogP contribution in [0.4, 0.5) is 0 Å². The minimum absolute atomic E-state index is 0.189. The molecule has 1 rings (SSSR count). The first-order chi connectivity index (χ1) is 8.67. The van der Waals surface area contributed by atoms with Crippen LogP contribution in [0.25, 0.3) is 0 Å². The van der Waals surface area contributed by atoms with Crippen molar-refractivity contribution in [3.8, 4) is 0 Å². The summed E-state index contributed by atoms with van der Waals surface area (Å²) in [6, 6.07) is 0. The van der Waals surface area contributed by atoms with E-state index in [1.54, 1.807) is 0 Å². The number of carbonyl (C=O) groups is 1. The Bertz CT molecular complexity index is 367. The Morgan fingerprint density at radius 2 is 2.22 bits per heavy atom. The lowest BCUT2D eigenvalue weighted by Gasteiger charge is -2.09. The van der Waals surface area contributed by atoms with Crippen molar-refractivity contribution in [2.45, 2.75) is 39.0 Å². The molecule has 0 amide bonds. The fourth-order valence-corrected chi connectivity index (χ4v) is 2.10. The summed E-state index contributed by atoms with van der Waals surface area (Å²) in [7, 11) is 1.92. The molecule has 0 heterocycles. The highest BCUT2D eigenvalue weighted by Crippen LogP contribution is 2.18. The molecule has 1 atom stereocenters. The number of carboxylic acid groups (broad SMARTS) is 1. The molecule has 0 radical (unpaired) electrons. The predicted molar refractivity (Wildman–Crippen MR) is 74.3 cm³/mol. The van der Waals surface area contributed by atoms with Gasteiger partial charge in [-0.2, -0.15) is 0 Å². The van der Waals surface area contributed by atoms with E-state index in [4.69, 9.17) is 5.11 Å². The Labute approximate surface area is 109 Å². The van der Waals surface area contributed by atoms with Crippen LogP contribution in [0.15, 0.2) is 35.6 Å². The first-order valence-electron chi connectivity index (χ1n) is 6.65. The van der Waals surface area contributed by atoms with Crippen molar-refractivity contribution in [3.05, 3.63) is 35.6 Å². The highest BCUT2D eigenvalue weighted by Gasteiger charge is 2.14. The molecular weight excluding hydrogens is 226 g/mol. The number of hydrogen-bond donors (Lipinski definition) is 2. The van der Waals surface area contributed by atoms with Gasteiger partial charge in [0.15, 0.2) is 0 Å². The molecule has 2 N–H and O–H groups in total. The zero-order valence-corrected chi connectivity index (χ0v) is 11.3. The van der Waals surface area contributed by atoms with Gasteiger partial charge in [0.05, 0.1) is 5.92 Å². The molecule has 100 valence electrons. The van der Waals surface area contributed by atoms with Gasteiger partial charge in [-0.1, -0.05) is 30.7 Å². The minimum Gasteiger partial charge on any atom is -0.481 e. The largest absolute Gasteiger partial charge is 0.481 e. The molecule has 0 aromatic rings. The van der Waals surface area contributed by atoms with E-state index in [0.717, 1.165) is 37.8 Å². The zero-order chi connectivity index (χ0) is 13.4. The fourth-order valence-electron chi connectivity index (χ4n) is 2.10. The van der Waals surface area contributed by atoms with Crippen molar-refractivity contribution in [1.82, 2.24) is 5.32 Å². The summed E-state index contributed by atoms with van der Waals surface area (Å²) in [5.74, 6) is -0.853. The molecule has 0 aromatic heterocycles. The van der Waals surface area contributed by atoms with Gasteiger partial charge in [0.1, 0.15) is 0 Å². The highest BCUT2D eigenvalue weighted by molar-refractivity contribution is 5.69. The van der Waals surface area contributed by atoms with Gasteiger partial charge in [-0.05, 0) is 38.2 Å². The second-order valence-corrected chi connectivity index (χ2v) is 4.59. The molecule has 1 aliphatic rings. The van der Waals surface area contributed by atoms with E-state index in [2.05, 4.69) is 29.6 Å². The molecule has 1 aliphatic carbocycles. The monoisotopic (exact) mass is 249 g/mol. The summed E-state index contributed by atoms with van der Waals surface area (Å²) in [5, 5.41) is 12.1. The summed E-state index contributed by atoms with van der Waals surface area (Å²) in [6.07, 6.45) is 12.9. The van der Waals surface area contributed by atoms with Gasteiger partial charge in [-0.25, -0.2) is 0 Å². The van der Waals surface area contributed by atoms with E-state index >= 15 is 0 Å². The van der Waals surface area contributed by atoms with E-state index in [1.807, 2.05) is 14.0 Å². The standard InChI is InChI=1S/C15H23NO2/c1-3-13(15(17)18)8-4-6-12-7-5-9-14(16-2)11-10-12/h7,9-11,13,16H,3-6,8H2,1-2H3,(H,17,18). The molecule has 0 saturated heterocycles. The van der Waals surface area contributed by atoms with Crippen LogP contribution in [0, 0.1) is 5.92 Å². The molecule has 3 heteroatoms. The third-order valence-electron chi connectivity index (χ3n) is 3.34. The number of hydrogen-bond acceptors (Lipinski definition) is 2. The summed E-state index contributed by atoms with van der Waals surface area (Å²) in [5.41, 5.74) is 2.44. The summed E-state index contributed by atoms with van der Waals surface area (Å²) in [4.78, 5) is 10.9. The van der Waals surface area contributed by atoms with Crippen LogP contribution in [-0.4, -0.2) is 18.1 Å². The molecule has 3 nitrogen and oxygen atoms in total. The molecule has 0 fully saturated rings. The van der Waals surface area contributed by atoms with E-state index in [1.165, 1.54) is 5.57 Å². The van der Waals surface area contributed by atoms with Crippen molar-refractivity contribution >= 4 is 5.97 Å². The van der Waals surface area contributed by atoms with Crippen molar-refractivity contribution in [3.63, 3.8) is 0 Å². The Morgan fingerprint density at radius 1 is 1.44 bits per heavy atom. The van der Waals surface area contributed by atoms with E-state index in [9.17, 15) is 4.79 Å². The first-order valence-corrected chi connectivity index (χ1v) is 6.65. The van der Waals surface area contributed by atoms with E-state index in [-0.39, 0.29) is 5.92 Å². The minimum atomic E-state index is -0.665. The van der Waals surface area contributed by atoms with Crippen molar-refractivity contribution in [2.75, 3.05) is 7.05 Å². The van der Waals surface area contributed by atoms with E-state index in [0.29, 0.717) is 0 Å². The maximum absolute atomic E-state index is 10.9. The molecule has 18 heavy (non-hydrogen) atoms. The van der Waals surface area contributed by atoms with Crippen LogP contribution in [0.5, 0.6) is 0 Å². The van der Waals surface area contributed by atoms with E-state index < -0.39 is 5.97 Å². The number of aliphatic carboxylic acids is 1. The number of rotatable bonds is 7. The molecule has 1 unspecified atom stereocenters. The Kier molecular flexibility index (Phi) is 6.26. The number of allylic oxidation sites excluding steroid dienone is 5. The van der Waals surface area contributed by atoms with Crippen molar-refractivity contribution in [2.24, 2.45) is 5.92 Å². The highest BCUT2D eigenvalue weighted by atomic mass is 16.4. The first kappa shape index (κ1) is 14.6. The summed E-state index contributed by atoms with van der Waals surface area (Å²) < 4.78 is 0. The van der Waals surface area contributed by atoms with Crippen LogP contribution in [0.1, 0.15) is 39.0 Å². The Hall–Kier alpha value is -1.51. The maximum Gasteiger partial charge on any atom is 0.306 e. The Morgan fingerprint density at radius 3 is 2.83 bits per heavy atom. The third-order valence-corrected chi connectivity index (χ3v) is 3.34. The normalized spacial score (nSPS) is 16.6. The lowest BCUT2D eigenvalue weighted by molar-refractivity contribution is -0.142. The van der Waals surface area contributed by atoms with Crippen LogP contribution < -0.4 is 5.32 Å². The quantitative estimate of drug-likeness (QED) is 0.728. The molecule has 0 saturated carbocycles. The smallest absolute Gasteiger partial charge is 0.306 e. The molecule has 0 spiro atoms. The van der Waals surface area contributed by atoms with Gasteiger partial charge in [0, 0.05) is 12.7 Å². The third kappa shape index (κ3) is 4.78. The molecule has 0 aliphatic heterocycles. The van der Waals surface area contributed by atoms with Gasteiger partial charge in [-0.15, -0.1) is 0 Å². The summed E-state index contributed by atoms with van der Waals surface area (Å²) in [6.45, 7) is 1.94. The molecule has 0 bridgehead atoms. The van der Waals surface area contributed by atoms with Crippen LogP contribution in [0.2, 0.25) is 0 Å². The Balaban J connectivity index is 2.37. The second kappa shape index (κ2) is 7.75. The van der Waals surface area contributed by atoms with Crippen LogP contribution >= 0.6 is 0 Å². The number of likely N-dealkylation sites (N-methyl/N-ethyl adjacent to an activating group) is 1. The summed E-state index contributed by atoms with van der Waals surface area (Å²) >= 11 is 0. The SMILES string of the molecule is CCC(CCCC1=CCC=C(NC)C=C1)C(=O)O. The predicted octanol–water partition coefficient (Wildman–Crippen LogP) is 3.26. The van der Waals surface area contributed by atoms with Gasteiger partial charge in [0.25, 0.3) is 0 Å². The van der Waals surface area contributed by atoms with Crippen LogP contribution in [-0.2, 0) is 4.79 Å². The topological polar surface area (TPSA) is 49.3 Å². The molecular formula is C15H23NO2. The van der Waals surface area contributed by atoms with Crippen molar-refractivity contribution in [1.29, 1.82) is 0 Å². The van der Waals surface area contributed by atoms with Gasteiger partial charge in [-0.3, -0.25) is 4.79 Å². The number of nitrogens with one attached hydrogen (secondary N) is 1. The van der Waals surface area contributed by atoms with Gasteiger partial charge >= 0.3 is 5.97 Å². The zero-order valence-electron chi connectivity index (χ0n) is 11.3. The average molecular weight is 249 g/mol. The van der Waals surface area contributed by atoms with Gasteiger partial charge in [0.2, 0.25) is 0 Å². The maximum atomic E-state index is 10.9. The van der Waals surface area contributed by atoms with Crippen molar-refractivity contribution < 1.29 is 9.90 Å². The average Bonchev–Trinajstić information content (AvgIpc) is 2.59. The van der Waals surface area contributed by atoms with Gasteiger partial charge < -0.3 is 10.4 Å². The second-order valence-electron chi connectivity index (χ2n) is 4.59. The van der Waals surface area contributed by atoms with Crippen LogP contribution in [0.3, 0.4) is 0 Å².